The van der Waals surface area contributed by atoms with Crippen molar-refractivity contribution in [1.82, 2.24) is 0 Å². The molecule has 6 heteroatoms. The van der Waals surface area contributed by atoms with E-state index in [9.17, 15) is 4.79 Å². The molecule has 1 atom stereocenters. The molecule has 1 aromatic carbocycles. The molecule has 88 valence electrons. The lowest BCUT2D eigenvalue weighted by Gasteiger charge is -2.10. The van der Waals surface area contributed by atoms with E-state index in [0.29, 0.717) is 22.2 Å². The van der Waals surface area contributed by atoms with Gasteiger partial charge in [-0.1, -0.05) is 23.2 Å². The molecule has 0 spiro atoms. The van der Waals surface area contributed by atoms with Crippen LogP contribution < -0.4 is 11.5 Å². The normalized spacial score (nSPS) is 12.2. The van der Waals surface area contributed by atoms with Crippen LogP contribution in [0, 0.1) is 0 Å². The van der Waals surface area contributed by atoms with E-state index in [2.05, 4.69) is 4.74 Å². The van der Waals surface area contributed by atoms with E-state index >= 15 is 0 Å². The van der Waals surface area contributed by atoms with Crippen molar-refractivity contribution in [2.24, 2.45) is 5.73 Å². The number of esters is 1. The van der Waals surface area contributed by atoms with Gasteiger partial charge < -0.3 is 16.2 Å². The van der Waals surface area contributed by atoms with Crippen molar-refractivity contribution in [3.8, 4) is 0 Å². The van der Waals surface area contributed by atoms with Gasteiger partial charge >= 0.3 is 5.97 Å². The van der Waals surface area contributed by atoms with E-state index in [1.807, 2.05) is 0 Å². The maximum atomic E-state index is 11.1. The molecule has 0 saturated carbocycles. The first-order valence-electron chi connectivity index (χ1n) is 4.52. The Kier molecular flexibility index (Phi) is 4.41. The third-order valence-corrected chi connectivity index (χ3v) is 2.72. The van der Waals surface area contributed by atoms with E-state index in [1.54, 1.807) is 12.1 Å². The van der Waals surface area contributed by atoms with E-state index < -0.39 is 12.0 Å². The van der Waals surface area contributed by atoms with Crippen molar-refractivity contribution in [3.05, 3.63) is 27.7 Å². The van der Waals surface area contributed by atoms with Crippen molar-refractivity contribution in [3.63, 3.8) is 0 Å². The second-order valence-electron chi connectivity index (χ2n) is 3.31. The molecule has 0 aromatic heterocycles. The second-order valence-corrected chi connectivity index (χ2v) is 4.12. The van der Waals surface area contributed by atoms with Crippen LogP contribution in [0.4, 0.5) is 5.69 Å². The molecule has 0 fully saturated rings. The van der Waals surface area contributed by atoms with Gasteiger partial charge in [-0.15, -0.1) is 0 Å². The molecule has 4 nitrogen and oxygen atoms in total. The summed E-state index contributed by atoms with van der Waals surface area (Å²) < 4.78 is 4.51. The number of carbonyl (C=O) groups excluding carboxylic acids is 1. The fourth-order valence-corrected chi connectivity index (χ4v) is 1.78. The number of halogens is 2. The van der Waals surface area contributed by atoms with Gasteiger partial charge in [-0.25, -0.2) is 0 Å². The molecule has 0 radical (unpaired) electrons. The van der Waals surface area contributed by atoms with E-state index in [1.165, 1.54) is 7.11 Å². The Hall–Kier alpha value is -0.970. The first kappa shape index (κ1) is 13.1. The molecule has 0 aliphatic carbocycles. The molecule has 4 N–H and O–H groups in total. The van der Waals surface area contributed by atoms with E-state index in [-0.39, 0.29) is 0 Å². The summed E-state index contributed by atoms with van der Waals surface area (Å²) in [6, 6.07) is 2.53. The lowest BCUT2D eigenvalue weighted by Crippen LogP contribution is -2.33. The van der Waals surface area contributed by atoms with E-state index in [4.69, 9.17) is 34.7 Å². The Bertz CT molecular complexity index is 387. The van der Waals surface area contributed by atoms with Crippen LogP contribution in [-0.2, 0) is 16.0 Å². The first-order valence-corrected chi connectivity index (χ1v) is 5.28. The Morgan fingerprint density at radius 3 is 2.38 bits per heavy atom. The van der Waals surface area contributed by atoms with Crippen molar-refractivity contribution >= 4 is 34.9 Å². The summed E-state index contributed by atoms with van der Waals surface area (Å²) in [7, 11) is 1.28. The van der Waals surface area contributed by atoms with Gasteiger partial charge in [-0.3, -0.25) is 4.79 Å². The lowest BCUT2D eigenvalue weighted by atomic mass is 10.1. The molecule has 0 saturated heterocycles. The van der Waals surface area contributed by atoms with Gasteiger partial charge in [-0.2, -0.15) is 0 Å². The standard InChI is InChI=1S/C10H12Cl2N2O2/c1-16-10(15)8(13)4-5-2-6(11)9(14)7(12)3-5/h2-3,8H,4,13-14H2,1H3/t8-/m1/s1. The molecule has 0 unspecified atom stereocenters. The summed E-state index contributed by atoms with van der Waals surface area (Å²) in [5.41, 5.74) is 12.2. The largest absolute Gasteiger partial charge is 0.468 e. The summed E-state index contributed by atoms with van der Waals surface area (Å²) in [6.07, 6.45) is 0.298. The van der Waals surface area contributed by atoms with E-state index in [0.717, 1.165) is 5.56 Å². The van der Waals surface area contributed by atoms with Gasteiger partial charge in [0.15, 0.2) is 0 Å². The average molecular weight is 263 g/mol. The highest BCUT2D eigenvalue weighted by Crippen LogP contribution is 2.29. The third kappa shape index (κ3) is 3.01. The highest BCUT2D eigenvalue weighted by molar-refractivity contribution is 6.38. The van der Waals surface area contributed by atoms with Crippen LogP contribution in [-0.4, -0.2) is 19.1 Å². The van der Waals surface area contributed by atoms with Crippen LogP contribution in [0.3, 0.4) is 0 Å². The number of nitrogens with two attached hydrogens (primary N) is 2. The number of hydrogen-bond donors (Lipinski definition) is 2. The minimum absolute atomic E-state index is 0.298. The Balaban J connectivity index is 2.86. The van der Waals surface area contributed by atoms with Gasteiger partial charge in [0, 0.05) is 0 Å². The number of anilines is 1. The smallest absolute Gasteiger partial charge is 0.322 e. The van der Waals surface area contributed by atoms with Crippen molar-refractivity contribution in [1.29, 1.82) is 0 Å². The highest BCUT2D eigenvalue weighted by atomic mass is 35.5. The summed E-state index contributed by atoms with van der Waals surface area (Å²) in [6.45, 7) is 0. The minimum atomic E-state index is -0.735. The van der Waals surface area contributed by atoms with Crippen LogP contribution in [0.1, 0.15) is 5.56 Å². The fourth-order valence-electron chi connectivity index (χ4n) is 1.24. The molecule has 0 bridgehead atoms. The maximum Gasteiger partial charge on any atom is 0.322 e. The molecule has 1 aromatic rings. The number of benzene rings is 1. The number of nitrogen functional groups attached to an aromatic ring is 1. The van der Waals surface area contributed by atoms with Crippen LogP contribution in [0.25, 0.3) is 0 Å². The SMILES string of the molecule is COC(=O)[C@H](N)Cc1cc(Cl)c(N)c(Cl)c1. The molecular formula is C10H12Cl2N2O2. The number of hydrogen-bond acceptors (Lipinski definition) is 4. The molecule has 1 rings (SSSR count). The number of rotatable bonds is 3. The Morgan fingerprint density at radius 2 is 1.94 bits per heavy atom. The highest BCUT2D eigenvalue weighted by Gasteiger charge is 2.15. The van der Waals surface area contributed by atoms with Crippen LogP contribution in [0.2, 0.25) is 10.0 Å². The number of ether oxygens (including phenoxy) is 1. The number of methoxy groups -OCH3 is 1. The van der Waals surface area contributed by atoms with Gasteiger partial charge in [0.05, 0.1) is 22.8 Å². The zero-order chi connectivity index (χ0) is 12.3. The quantitative estimate of drug-likeness (QED) is 0.641. The topological polar surface area (TPSA) is 78.3 Å². The van der Waals surface area contributed by atoms with Crippen molar-refractivity contribution in [2.75, 3.05) is 12.8 Å². The predicted octanol–water partition coefficient (Wildman–Crippen LogP) is 1.62. The maximum absolute atomic E-state index is 11.1. The van der Waals surface area contributed by atoms with Crippen molar-refractivity contribution in [2.45, 2.75) is 12.5 Å². The summed E-state index contributed by atoms with van der Waals surface area (Å²) in [5.74, 6) is -0.482. The van der Waals surface area contributed by atoms with Crippen LogP contribution in [0.15, 0.2) is 12.1 Å². The molecule has 0 amide bonds. The molecule has 0 heterocycles. The fraction of sp³-hybridized carbons (Fsp3) is 0.300. The van der Waals surface area contributed by atoms with Crippen LogP contribution in [0.5, 0.6) is 0 Å². The average Bonchev–Trinajstić information content (AvgIpc) is 2.24. The predicted molar refractivity (Wildman–Crippen MR) is 64.6 cm³/mol. The van der Waals surface area contributed by atoms with Gasteiger partial charge in [-0.05, 0) is 24.1 Å². The third-order valence-electron chi connectivity index (χ3n) is 2.10. The minimum Gasteiger partial charge on any atom is -0.468 e. The lowest BCUT2D eigenvalue weighted by molar-refractivity contribution is -0.142. The summed E-state index contributed by atoms with van der Waals surface area (Å²) in [4.78, 5) is 11.1. The number of carbonyl (C=O) groups is 1. The van der Waals surface area contributed by atoms with Crippen LogP contribution >= 0.6 is 23.2 Å². The summed E-state index contributed by atoms with van der Waals surface area (Å²) in [5, 5.41) is 0.694. The zero-order valence-electron chi connectivity index (χ0n) is 8.67. The molecule has 0 aliphatic heterocycles. The second kappa shape index (κ2) is 5.39. The van der Waals surface area contributed by atoms with Gasteiger partial charge in [0.2, 0.25) is 0 Å². The Morgan fingerprint density at radius 1 is 1.44 bits per heavy atom. The van der Waals surface area contributed by atoms with Gasteiger partial charge in [0.1, 0.15) is 6.04 Å². The molecule has 16 heavy (non-hydrogen) atoms. The first-order chi connectivity index (χ1) is 7.45. The molecular weight excluding hydrogens is 251 g/mol. The monoisotopic (exact) mass is 262 g/mol. The zero-order valence-corrected chi connectivity index (χ0v) is 10.2. The Labute approximate surface area is 103 Å². The summed E-state index contributed by atoms with van der Waals surface area (Å²) >= 11 is 11.7. The molecule has 0 aliphatic rings. The van der Waals surface area contributed by atoms with Gasteiger partial charge in [0.25, 0.3) is 0 Å². The van der Waals surface area contributed by atoms with Crippen molar-refractivity contribution < 1.29 is 9.53 Å².